The highest BCUT2D eigenvalue weighted by molar-refractivity contribution is 5.91. The quantitative estimate of drug-likeness (QED) is 0.494. The van der Waals surface area contributed by atoms with Crippen molar-refractivity contribution >= 4 is 22.2 Å². The van der Waals surface area contributed by atoms with Crippen LogP contribution in [-0.4, -0.2) is 32.0 Å². The largest absolute Gasteiger partial charge is 0.504 e. The predicted octanol–water partition coefficient (Wildman–Crippen LogP) is 5.04. The first-order valence-corrected chi connectivity index (χ1v) is 9.51. The summed E-state index contributed by atoms with van der Waals surface area (Å²) >= 11 is 0. The molecule has 2 atom stereocenters. The third-order valence-electron chi connectivity index (χ3n) is 5.62. The lowest BCUT2D eigenvalue weighted by molar-refractivity contribution is -0.265. The van der Waals surface area contributed by atoms with E-state index >= 15 is 0 Å². The van der Waals surface area contributed by atoms with Gasteiger partial charge >= 0.3 is 6.18 Å². The Labute approximate surface area is 175 Å². The van der Waals surface area contributed by atoms with E-state index in [1.807, 2.05) is 0 Å². The fourth-order valence-electron chi connectivity index (χ4n) is 4.03. The maximum absolute atomic E-state index is 14.2. The van der Waals surface area contributed by atoms with Crippen molar-refractivity contribution in [1.29, 1.82) is 0 Å². The van der Waals surface area contributed by atoms with Crippen LogP contribution in [0.1, 0.15) is 36.3 Å². The summed E-state index contributed by atoms with van der Waals surface area (Å²) in [5.74, 6) is -1.21. The molecule has 0 fully saturated rings. The lowest BCUT2D eigenvalue weighted by Gasteiger charge is -2.44. The topological polar surface area (TPSA) is 78.3 Å². The Morgan fingerprint density at radius 1 is 1.23 bits per heavy atom. The molecule has 0 saturated heterocycles. The normalized spacial score (nSPS) is 22.5. The molecule has 1 aliphatic carbocycles. The lowest BCUT2D eigenvalue weighted by atomic mass is 9.72. The summed E-state index contributed by atoms with van der Waals surface area (Å²) in [4.78, 5) is 8.38. The van der Waals surface area contributed by atoms with Crippen molar-refractivity contribution in [2.45, 2.75) is 38.1 Å². The van der Waals surface area contributed by atoms with Gasteiger partial charge in [-0.2, -0.15) is 13.2 Å². The van der Waals surface area contributed by atoms with Crippen molar-refractivity contribution in [3.05, 3.63) is 65.4 Å². The molecule has 2 aromatic carbocycles. The minimum absolute atomic E-state index is 0.00162. The smallest absolute Gasteiger partial charge is 0.419 e. The van der Waals surface area contributed by atoms with Crippen LogP contribution >= 0.6 is 0 Å². The molecule has 31 heavy (non-hydrogen) atoms. The van der Waals surface area contributed by atoms with Gasteiger partial charge in [0.05, 0.1) is 11.6 Å². The van der Waals surface area contributed by atoms with E-state index in [2.05, 4.69) is 15.3 Å². The lowest BCUT2D eigenvalue weighted by Crippen LogP contribution is -2.54. The number of rotatable bonds is 2. The van der Waals surface area contributed by atoms with Gasteiger partial charge in [0.1, 0.15) is 5.82 Å². The van der Waals surface area contributed by atoms with Gasteiger partial charge in [-0.05, 0) is 43.2 Å². The molecule has 1 aromatic heterocycles. The number of aromatic nitrogens is 2. The van der Waals surface area contributed by atoms with E-state index in [1.54, 1.807) is 25.1 Å². The highest BCUT2D eigenvalue weighted by atomic mass is 19.4. The van der Waals surface area contributed by atoms with Gasteiger partial charge < -0.3 is 15.5 Å². The number of halogens is 4. The summed E-state index contributed by atoms with van der Waals surface area (Å²) in [6, 6.07) is 5.17. The molecule has 0 amide bonds. The molecule has 1 heterocycles. The van der Waals surface area contributed by atoms with Crippen LogP contribution in [0.5, 0.6) is 5.75 Å². The molecule has 3 N–H and O–H groups in total. The monoisotopic (exact) mass is 433 g/mol. The van der Waals surface area contributed by atoms with Gasteiger partial charge in [-0.3, -0.25) is 0 Å². The molecule has 0 spiro atoms. The number of aliphatic hydroxyl groups is 1. The maximum Gasteiger partial charge on any atom is 0.419 e. The van der Waals surface area contributed by atoms with Gasteiger partial charge in [-0.15, -0.1) is 0 Å². The molecular weight excluding hydrogens is 414 g/mol. The van der Waals surface area contributed by atoms with Gasteiger partial charge in [-0.25, -0.2) is 14.4 Å². The molecular formula is C22H19F4N3O2. The molecule has 4 rings (SSSR count). The average Bonchev–Trinajstić information content (AvgIpc) is 2.71. The summed E-state index contributed by atoms with van der Waals surface area (Å²) in [6.07, 6.45) is -3.05. The third-order valence-corrected chi connectivity index (χ3v) is 5.62. The van der Waals surface area contributed by atoms with Crippen LogP contribution in [0, 0.1) is 12.7 Å². The number of fused-ring (bicyclic) bond motifs is 2. The first-order chi connectivity index (χ1) is 14.6. The molecule has 5 nitrogen and oxygen atoms in total. The van der Waals surface area contributed by atoms with Crippen molar-refractivity contribution in [1.82, 2.24) is 9.97 Å². The van der Waals surface area contributed by atoms with Crippen LogP contribution in [0.4, 0.5) is 23.2 Å². The number of anilines is 1. The van der Waals surface area contributed by atoms with Crippen LogP contribution in [0.3, 0.4) is 0 Å². The Balaban J connectivity index is 1.95. The van der Waals surface area contributed by atoms with Gasteiger partial charge in [0.2, 0.25) is 0 Å². The van der Waals surface area contributed by atoms with E-state index in [4.69, 9.17) is 0 Å². The Hall–Kier alpha value is -3.20. The summed E-state index contributed by atoms with van der Waals surface area (Å²) in [5, 5.41) is 24.4. The van der Waals surface area contributed by atoms with Crippen molar-refractivity contribution in [2.24, 2.45) is 0 Å². The number of benzene rings is 2. The minimum atomic E-state index is -5.02. The molecule has 0 aliphatic heterocycles. The first-order valence-electron chi connectivity index (χ1n) is 9.51. The fraction of sp³-hybridized carbons (Fsp3) is 0.273. The summed E-state index contributed by atoms with van der Waals surface area (Å²) in [7, 11) is 0. The second-order valence-corrected chi connectivity index (χ2v) is 7.51. The van der Waals surface area contributed by atoms with Crippen LogP contribution in [0.2, 0.25) is 0 Å². The highest BCUT2D eigenvalue weighted by Gasteiger charge is 2.61. The first kappa shape index (κ1) is 21.0. The number of nitrogens with zero attached hydrogens (tertiary/aromatic N) is 2. The zero-order chi connectivity index (χ0) is 22.6. The third kappa shape index (κ3) is 3.29. The van der Waals surface area contributed by atoms with Crippen molar-refractivity contribution in [2.75, 3.05) is 5.32 Å². The van der Waals surface area contributed by atoms with Gasteiger partial charge in [0.25, 0.3) is 0 Å². The summed E-state index contributed by atoms with van der Waals surface area (Å²) < 4.78 is 56.5. The summed E-state index contributed by atoms with van der Waals surface area (Å²) in [5.41, 5.74) is -2.55. The van der Waals surface area contributed by atoms with Gasteiger partial charge in [0, 0.05) is 29.3 Å². The number of hydrogen-bond acceptors (Lipinski definition) is 5. The number of hydrogen-bond donors (Lipinski definition) is 3. The van der Waals surface area contributed by atoms with Gasteiger partial charge in [-0.1, -0.05) is 18.2 Å². The molecule has 2 unspecified atom stereocenters. The predicted molar refractivity (Wildman–Crippen MR) is 108 cm³/mol. The molecule has 0 bridgehead atoms. The van der Waals surface area contributed by atoms with Crippen LogP contribution in [0.15, 0.2) is 42.6 Å². The van der Waals surface area contributed by atoms with Crippen molar-refractivity contribution in [3.8, 4) is 5.75 Å². The van der Waals surface area contributed by atoms with Crippen LogP contribution in [-0.2, 0) is 0 Å². The SMILES string of the molecule is CC=C1CC(O)(C(F)(F)F)C(Nc2cccc3nc(C)ncc23)c2ccc(F)c(O)c21. The van der Waals surface area contributed by atoms with E-state index in [0.717, 1.165) is 12.1 Å². The number of phenols is 1. The van der Waals surface area contributed by atoms with Crippen molar-refractivity contribution < 1.29 is 27.8 Å². The van der Waals surface area contributed by atoms with Crippen LogP contribution < -0.4 is 5.32 Å². The highest BCUT2D eigenvalue weighted by Crippen LogP contribution is 2.54. The van der Waals surface area contributed by atoms with E-state index in [9.17, 15) is 27.8 Å². The number of allylic oxidation sites excluding steroid dienone is 1. The zero-order valence-electron chi connectivity index (χ0n) is 16.6. The number of aromatic hydroxyl groups is 1. The van der Waals surface area contributed by atoms with E-state index in [0.29, 0.717) is 16.7 Å². The molecule has 0 radical (unpaired) electrons. The molecule has 0 saturated carbocycles. The second kappa shape index (κ2) is 7.19. The fourth-order valence-corrected chi connectivity index (χ4v) is 4.03. The van der Waals surface area contributed by atoms with E-state index in [-0.39, 0.29) is 22.4 Å². The van der Waals surface area contributed by atoms with E-state index < -0.39 is 35.8 Å². The Morgan fingerprint density at radius 3 is 2.65 bits per heavy atom. The second-order valence-electron chi connectivity index (χ2n) is 7.51. The zero-order valence-corrected chi connectivity index (χ0v) is 16.6. The number of phenolic OH excluding ortho intramolecular Hbond substituents is 1. The Kier molecular flexibility index (Phi) is 4.88. The standard InChI is InChI=1S/C22H19F4N3O2/c1-3-12-9-21(31,22(24,25)26)20(13-7-8-15(23)19(30)18(12)13)29-17-6-4-5-16-14(17)10-27-11(2)28-16/h3-8,10,20,29-31H,9H2,1-2H3. The number of nitrogens with one attached hydrogen (secondary N) is 1. The molecule has 3 aromatic rings. The number of alkyl halides is 3. The Bertz CT molecular complexity index is 1210. The van der Waals surface area contributed by atoms with Crippen LogP contribution in [0.25, 0.3) is 16.5 Å². The Morgan fingerprint density at radius 2 is 1.97 bits per heavy atom. The van der Waals surface area contributed by atoms with E-state index in [1.165, 1.54) is 19.2 Å². The molecule has 9 heteroatoms. The maximum atomic E-state index is 14.2. The molecule has 1 aliphatic rings. The minimum Gasteiger partial charge on any atom is -0.504 e. The van der Waals surface area contributed by atoms with Gasteiger partial charge in [0.15, 0.2) is 17.2 Å². The van der Waals surface area contributed by atoms with Crippen molar-refractivity contribution in [3.63, 3.8) is 0 Å². The number of aryl methyl sites for hydroxylation is 1. The molecule has 162 valence electrons. The average molecular weight is 433 g/mol. The summed E-state index contributed by atoms with van der Waals surface area (Å²) in [6.45, 7) is 3.16.